The van der Waals surface area contributed by atoms with Crippen molar-refractivity contribution in [3.8, 4) is 0 Å². The van der Waals surface area contributed by atoms with Crippen LogP contribution in [0.15, 0.2) is 41.6 Å². The van der Waals surface area contributed by atoms with Gasteiger partial charge >= 0.3 is 5.97 Å². The minimum absolute atomic E-state index is 0.113. The van der Waals surface area contributed by atoms with E-state index in [0.717, 1.165) is 55.2 Å². The molecule has 0 saturated heterocycles. The van der Waals surface area contributed by atoms with E-state index < -0.39 is 0 Å². The highest BCUT2D eigenvalue weighted by atomic mass is 16.6. The van der Waals surface area contributed by atoms with Gasteiger partial charge in [-0.15, -0.1) is 0 Å². The number of esters is 1. The Balaban J connectivity index is 1.75. The van der Waals surface area contributed by atoms with E-state index in [1.807, 2.05) is 38.1 Å². The molecule has 1 aliphatic heterocycles. The number of allylic oxidation sites excluding steroid dienone is 3. The normalized spacial score (nSPS) is 21.4. The van der Waals surface area contributed by atoms with Gasteiger partial charge in [-0.1, -0.05) is 60.3 Å². The molecule has 1 fully saturated rings. The Morgan fingerprint density at radius 1 is 1.09 bits per heavy atom. The lowest BCUT2D eigenvalue weighted by molar-refractivity contribution is -0.126. The molecule has 0 aromatic heterocycles. The number of nitrogens with zero attached hydrogens (tertiary/aromatic N) is 1. The molecule has 0 spiro atoms. The molecular weight excluding hydrogens is 416 g/mol. The fourth-order valence-corrected chi connectivity index (χ4v) is 4.43. The molecule has 3 rings (SSSR count). The molecule has 178 valence electrons. The monoisotopic (exact) mass is 452 g/mol. The summed E-state index contributed by atoms with van der Waals surface area (Å²) in [5.41, 5.74) is 4.05. The van der Waals surface area contributed by atoms with E-state index in [9.17, 15) is 9.59 Å². The van der Waals surface area contributed by atoms with Crippen molar-refractivity contribution < 1.29 is 19.2 Å². The summed E-state index contributed by atoms with van der Waals surface area (Å²) in [4.78, 5) is 30.5. The average molecular weight is 453 g/mol. The summed E-state index contributed by atoms with van der Waals surface area (Å²) >= 11 is 0. The van der Waals surface area contributed by atoms with Crippen molar-refractivity contribution in [1.82, 2.24) is 5.32 Å². The number of cyclic esters (lactones) is 1. The molecule has 0 atom stereocenters. The fraction of sp³-hybridized carbons (Fsp3) is 0.519. The Morgan fingerprint density at radius 3 is 2.67 bits per heavy atom. The third-order valence-electron chi connectivity index (χ3n) is 5.98. The van der Waals surface area contributed by atoms with Crippen molar-refractivity contribution in [2.45, 2.75) is 77.7 Å². The number of hydrogen-bond donors (Lipinski definition) is 1. The zero-order valence-corrected chi connectivity index (χ0v) is 19.9. The zero-order valence-electron chi connectivity index (χ0n) is 19.9. The van der Waals surface area contributed by atoms with Crippen LogP contribution in [0, 0.1) is 13.8 Å². The standard InChI is InChI=1S/C27H36N2O4/c1-20-16-21(2)26-22(17-20)18-24(14-8-5-3-4-6-11-15-32-27(26)31)29-33-19-25(30)28-23-12-9-7-10-13-23/h4,6,8,14,16-17,23H,3,5,7,9-13,15,18-19H2,1-2H3,(H,28,30)/b6-4+,14-8+,29-24-. The van der Waals surface area contributed by atoms with Crippen LogP contribution in [0.25, 0.3) is 0 Å². The second-order valence-electron chi connectivity index (χ2n) is 8.93. The van der Waals surface area contributed by atoms with Gasteiger partial charge in [0, 0.05) is 12.5 Å². The first-order valence-electron chi connectivity index (χ1n) is 12.1. The van der Waals surface area contributed by atoms with E-state index in [2.05, 4.69) is 22.6 Å². The zero-order chi connectivity index (χ0) is 23.5. The lowest BCUT2D eigenvalue weighted by Gasteiger charge is -2.22. The summed E-state index contributed by atoms with van der Waals surface area (Å²) in [7, 11) is 0. The van der Waals surface area contributed by atoms with Crippen LogP contribution in [0.1, 0.15) is 78.4 Å². The first kappa shape index (κ1) is 24.7. The smallest absolute Gasteiger partial charge is 0.338 e. The number of aryl methyl sites for hydroxylation is 2. The summed E-state index contributed by atoms with van der Waals surface area (Å²) in [6, 6.07) is 4.23. The number of hydrogen-bond acceptors (Lipinski definition) is 5. The molecule has 6 heteroatoms. The first-order chi connectivity index (χ1) is 16.0. The van der Waals surface area contributed by atoms with Crippen LogP contribution in [0.2, 0.25) is 0 Å². The highest BCUT2D eigenvalue weighted by Crippen LogP contribution is 2.21. The van der Waals surface area contributed by atoms with Gasteiger partial charge in [0.1, 0.15) is 0 Å². The van der Waals surface area contributed by atoms with E-state index in [4.69, 9.17) is 9.57 Å². The minimum Gasteiger partial charge on any atom is -0.462 e. The maximum atomic E-state index is 12.8. The van der Waals surface area contributed by atoms with E-state index in [-0.39, 0.29) is 24.5 Å². The number of amides is 1. The van der Waals surface area contributed by atoms with Crippen LogP contribution < -0.4 is 5.32 Å². The average Bonchev–Trinajstić information content (AvgIpc) is 2.77. The van der Waals surface area contributed by atoms with Gasteiger partial charge in [-0.05, 0) is 63.2 Å². The molecule has 0 radical (unpaired) electrons. The predicted molar refractivity (Wildman–Crippen MR) is 130 cm³/mol. The SMILES string of the molecule is Cc1cc(C)c2c(c1)CC(=N\OCC(=O)NC1CCCCC1)/C=C/CC/C=C/CCOC2=O. The van der Waals surface area contributed by atoms with E-state index in [0.29, 0.717) is 30.7 Å². The molecule has 1 N–H and O–H groups in total. The van der Waals surface area contributed by atoms with Crippen molar-refractivity contribution >= 4 is 17.6 Å². The second kappa shape index (κ2) is 13.0. The lowest BCUT2D eigenvalue weighted by Crippen LogP contribution is -2.38. The molecule has 1 saturated carbocycles. The van der Waals surface area contributed by atoms with Gasteiger partial charge in [0.05, 0.1) is 17.9 Å². The van der Waals surface area contributed by atoms with Crippen LogP contribution in [0.3, 0.4) is 0 Å². The molecule has 1 aromatic carbocycles. The number of fused-ring (bicyclic) bond motifs is 1. The van der Waals surface area contributed by atoms with Crippen molar-refractivity contribution in [3.05, 3.63) is 58.7 Å². The number of oxime groups is 1. The molecule has 1 heterocycles. The van der Waals surface area contributed by atoms with Crippen molar-refractivity contribution in [2.75, 3.05) is 13.2 Å². The molecule has 1 amide bonds. The number of nitrogens with one attached hydrogen (secondary N) is 1. The van der Waals surface area contributed by atoms with Gasteiger partial charge in [0.2, 0.25) is 0 Å². The number of rotatable bonds is 4. The van der Waals surface area contributed by atoms with E-state index >= 15 is 0 Å². The summed E-state index contributed by atoms with van der Waals surface area (Å²) in [6.07, 6.45) is 16.6. The van der Waals surface area contributed by atoms with Gasteiger partial charge in [-0.2, -0.15) is 0 Å². The number of ether oxygens (including phenoxy) is 1. The topological polar surface area (TPSA) is 77.0 Å². The number of carbonyl (C=O) groups is 2. The third kappa shape index (κ3) is 8.19. The molecule has 33 heavy (non-hydrogen) atoms. The van der Waals surface area contributed by atoms with Crippen LogP contribution >= 0.6 is 0 Å². The van der Waals surface area contributed by atoms with E-state index in [1.54, 1.807) is 0 Å². The highest BCUT2D eigenvalue weighted by molar-refractivity contribution is 6.00. The Labute approximate surface area is 197 Å². The first-order valence-corrected chi connectivity index (χ1v) is 12.1. The maximum absolute atomic E-state index is 12.8. The van der Waals surface area contributed by atoms with Crippen molar-refractivity contribution in [2.24, 2.45) is 5.16 Å². The second-order valence-corrected chi connectivity index (χ2v) is 8.93. The van der Waals surface area contributed by atoms with Gasteiger partial charge < -0.3 is 14.9 Å². The summed E-state index contributed by atoms with van der Waals surface area (Å²) in [6.45, 7) is 4.18. The predicted octanol–water partition coefficient (Wildman–Crippen LogP) is 5.12. The lowest BCUT2D eigenvalue weighted by atomic mass is 9.95. The van der Waals surface area contributed by atoms with Gasteiger partial charge in [0.25, 0.3) is 5.91 Å². The van der Waals surface area contributed by atoms with E-state index in [1.165, 1.54) is 6.42 Å². The molecular formula is C27H36N2O4. The molecule has 1 aliphatic carbocycles. The van der Waals surface area contributed by atoms with Crippen LogP contribution in [-0.2, 0) is 20.8 Å². The Hall–Kier alpha value is -2.89. The minimum atomic E-state index is -0.316. The molecule has 6 nitrogen and oxygen atoms in total. The fourth-order valence-electron chi connectivity index (χ4n) is 4.43. The molecule has 0 bridgehead atoms. The van der Waals surface area contributed by atoms with Crippen LogP contribution in [0.5, 0.6) is 0 Å². The Bertz CT molecular complexity index is 911. The maximum Gasteiger partial charge on any atom is 0.338 e. The number of benzene rings is 1. The van der Waals surface area contributed by atoms with Crippen molar-refractivity contribution in [1.29, 1.82) is 0 Å². The molecule has 0 unspecified atom stereocenters. The van der Waals surface area contributed by atoms with Gasteiger partial charge in [-0.3, -0.25) is 4.79 Å². The molecule has 1 aromatic rings. The summed E-state index contributed by atoms with van der Waals surface area (Å²) in [5.74, 6) is -0.457. The Kier molecular flexibility index (Phi) is 9.73. The van der Waals surface area contributed by atoms with Crippen LogP contribution in [0.4, 0.5) is 0 Å². The summed E-state index contributed by atoms with van der Waals surface area (Å²) in [5, 5.41) is 7.31. The van der Waals surface area contributed by atoms with Gasteiger partial charge in [0.15, 0.2) is 6.61 Å². The largest absolute Gasteiger partial charge is 0.462 e. The number of carbonyl (C=O) groups excluding carboxylic acids is 2. The third-order valence-corrected chi connectivity index (χ3v) is 5.98. The Morgan fingerprint density at radius 2 is 1.85 bits per heavy atom. The highest BCUT2D eigenvalue weighted by Gasteiger charge is 2.19. The summed E-state index contributed by atoms with van der Waals surface area (Å²) < 4.78 is 5.52. The molecule has 2 aliphatic rings. The van der Waals surface area contributed by atoms with Gasteiger partial charge in [-0.25, -0.2) is 4.79 Å². The van der Waals surface area contributed by atoms with Crippen LogP contribution in [-0.4, -0.2) is 36.8 Å². The quantitative estimate of drug-likeness (QED) is 0.391. The van der Waals surface area contributed by atoms with Crippen molar-refractivity contribution in [3.63, 3.8) is 0 Å².